The molecule has 3 rings (SSSR count). The number of carbonyl (C=O) groups excluding carboxylic acids is 1. The molecule has 1 saturated carbocycles. The summed E-state index contributed by atoms with van der Waals surface area (Å²) in [4.78, 5) is 22.6. The number of hydrogen-bond donors (Lipinski definition) is 0. The van der Waals surface area contributed by atoms with E-state index in [1.54, 1.807) is 10.7 Å². The highest BCUT2D eigenvalue weighted by atomic mass is 32.2. The first-order chi connectivity index (χ1) is 10.1. The fourth-order valence-corrected chi connectivity index (χ4v) is 2.81. The average Bonchev–Trinajstić information content (AvgIpc) is 3.19. The first-order valence-corrected chi connectivity index (χ1v) is 7.13. The Morgan fingerprint density at radius 2 is 2.24 bits per heavy atom. The van der Waals surface area contributed by atoms with Crippen LogP contribution in [0.3, 0.4) is 0 Å². The largest absolute Gasteiger partial charge is 0.294 e. The van der Waals surface area contributed by atoms with Gasteiger partial charge in [0.05, 0.1) is 16.5 Å². The lowest BCUT2D eigenvalue weighted by molar-refractivity contribution is -0.385. The van der Waals surface area contributed by atoms with Crippen LogP contribution >= 0.6 is 11.8 Å². The van der Waals surface area contributed by atoms with Gasteiger partial charge in [0.2, 0.25) is 5.16 Å². The number of nitro groups is 1. The number of nitrogens with zero attached hydrogens (tertiary/aromatic N) is 5. The van der Waals surface area contributed by atoms with E-state index in [9.17, 15) is 14.9 Å². The molecule has 0 atom stereocenters. The van der Waals surface area contributed by atoms with Crippen molar-refractivity contribution in [3.05, 3.63) is 33.9 Å². The van der Waals surface area contributed by atoms with Crippen LogP contribution in [0.2, 0.25) is 0 Å². The van der Waals surface area contributed by atoms with Crippen LogP contribution in [0.15, 0.2) is 28.3 Å². The van der Waals surface area contributed by atoms with Gasteiger partial charge < -0.3 is 0 Å². The van der Waals surface area contributed by atoms with Crippen molar-refractivity contribution in [3.8, 4) is 0 Å². The number of carbonyl (C=O) groups is 1. The summed E-state index contributed by atoms with van der Waals surface area (Å²) in [6, 6.07) is 4.79. The van der Waals surface area contributed by atoms with Crippen LogP contribution in [0.4, 0.5) is 5.69 Å². The zero-order valence-electron chi connectivity index (χ0n) is 11.1. The molecule has 108 valence electrons. The van der Waals surface area contributed by atoms with E-state index < -0.39 is 4.92 Å². The molecule has 1 aliphatic rings. The van der Waals surface area contributed by atoms with E-state index in [2.05, 4.69) is 15.5 Å². The third kappa shape index (κ3) is 2.77. The first kappa shape index (κ1) is 13.7. The van der Waals surface area contributed by atoms with Gasteiger partial charge in [-0.05, 0) is 54.1 Å². The maximum Gasteiger partial charge on any atom is 0.280 e. The minimum absolute atomic E-state index is 0.0930. The van der Waals surface area contributed by atoms with E-state index >= 15 is 0 Å². The van der Waals surface area contributed by atoms with Crippen LogP contribution in [0.5, 0.6) is 0 Å². The Morgan fingerprint density at radius 3 is 2.86 bits per heavy atom. The van der Waals surface area contributed by atoms with Crippen molar-refractivity contribution in [2.45, 2.75) is 35.9 Å². The van der Waals surface area contributed by atoms with Crippen molar-refractivity contribution in [2.75, 3.05) is 0 Å². The third-order valence-corrected chi connectivity index (χ3v) is 4.05. The molecule has 0 bridgehead atoms. The number of rotatable bonds is 5. The van der Waals surface area contributed by atoms with Crippen LogP contribution < -0.4 is 0 Å². The van der Waals surface area contributed by atoms with Gasteiger partial charge in [-0.3, -0.25) is 14.9 Å². The predicted molar refractivity (Wildman–Crippen MR) is 73.3 cm³/mol. The molecule has 0 unspecified atom stereocenters. The summed E-state index contributed by atoms with van der Waals surface area (Å²) in [5.74, 6) is -0.342. The lowest BCUT2D eigenvalue weighted by Gasteiger charge is -2.04. The summed E-state index contributed by atoms with van der Waals surface area (Å²) in [6.07, 6.45) is 2.11. The Hall–Kier alpha value is -2.29. The summed E-state index contributed by atoms with van der Waals surface area (Å²) >= 11 is 1.29. The summed E-state index contributed by atoms with van der Waals surface area (Å²) < 4.78 is 1.75. The Morgan fingerprint density at radius 1 is 1.48 bits per heavy atom. The molecule has 1 fully saturated rings. The molecule has 0 amide bonds. The Balaban J connectivity index is 1.92. The summed E-state index contributed by atoms with van der Waals surface area (Å²) in [5.41, 5.74) is -0.0934. The van der Waals surface area contributed by atoms with Gasteiger partial charge in [0.15, 0.2) is 5.78 Å². The van der Waals surface area contributed by atoms with Crippen LogP contribution in [0.1, 0.15) is 36.2 Å². The van der Waals surface area contributed by atoms with Crippen LogP contribution in [0.25, 0.3) is 0 Å². The third-order valence-electron chi connectivity index (χ3n) is 3.11. The van der Waals surface area contributed by atoms with Gasteiger partial charge in [0.25, 0.3) is 5.69 Å². The molecule has 9 heteroatoms. The van der Waals surface area contributed by atoms with E-state index in [1.165, 1.54) is 30.8 Å². The van der Waals surface area contributed by atoms with Crippen molar-refractivity contribution >= 4 is 23.2 Å². The number of hydrogen-bond acceptors (Lipinski definition) is 7. The van der Waals surface area contributed by atoms with Gasteiger partial charge in [-0.15, -0.1) is 5.10 Å². The average molecular weight is 305 g/mol. The number of ketones is 1. The maximum atomic E-state index is 11.6. The van der Waals surface area contributed by atoms with Gasteiger partial charge in [0.1, 0.15) is 0 Å². The van der Waals surface area contributed by atoms with E-state index in [1.807, 2.05) is 0 Å². The van der Waals surface area contributed by atoms with Gasteiger partial charge in [-0.25, -0.2) is 4.68 Å². The molecule has 1 aromatic heterocycles. The Kier molecular flexibility index (Phi) is 3.42. The quantitative estimate of drug-likeness (QED) is 0.474. The van der Waals surface area contributed by atoms with Crippen molar-refractivity contribution in [1.82, 2.24) is 20.2 Å². The van der Waals surface area contributed by atoms with Crippen molar-refractivity contribution in [1.29, 1.82) is 0 Å². The molecule has 21 heavy (non-hydrogen) atoms. The molecule has 0 N–H and O–H groups in total. The molecule has 0 saturated heterocycles. The molecule has 0 aliphatic heterocycles. The summed E-state index contributed by atoms with van der Waals surface area (Å²) in [5, 5.41) is 23.1. The lowest BCUT2D eigenvalue weighted by Crippen LogP contribution is -2.01. The highest BCUT2D eigenvalue weighted by Crippen LogP contribution is 2.38. The van der Waals surface area contributed by atoms with E-state index in [0.29, 0.717) is 16.1 Å². The first-order valence-electron chi connectivity index (χ1n) is 6.31. The van der Waals surface area contributed by atoms with Gasteiger partial charge in [0, 0.05) is 11.0 Å². The molecule has 0 radical (unpaired) electrons. The number of tetrazole rings is 1. The number of aromatic nitrogens is 4. The molecular weight excluding hydrogens is 294 g/mol. The maximum absolute atomic E-state index is 11.6. The predicted octanol–water partition coefficient (Wildman–Crippen LogP) is 2.27. The van der Waals surface area contributed by atoms with Crippen molar-refractivity contribution in [3.63, 3.8) is 0 Å². The van der Waals surface area contributed by atoms with Gasteiger partial charge in [-0.2, -0.15) is 0 Å². The molecule has 1 heterocycles. The number of Topliss-reactive ketones (excluding diaryl/α,β-unsaturated/α-hetero) is 1. The molecule has 1 aromatic carbocycles. The van der Waals surface area contributed by atoms with Crippen LogP contribution in [-0.4, -0.2) is 30.9 Å². The van der Waals surface area contributed by atoms with Crippen molar-refractivity contribution in [2.24, 2.45) is 0 Å². The second kappa shape index (κ2) is 5.24. The highest BCUT2D eigenvalue weighted by Gasteiger charge is 2.28. The molecule has 2 aromatic rings. The fraction of sp³-hybridized carbons (Fsp3) is 0.333. The SMILES string of the molecule is CC(=O)c1cc(Sc2nnnn2C2CC2)ccc1[N+](=O)[O-]. The monoisotopic (exact) mass is 305 g/mol. The zero-order chi connectivity index (χ0) is 15.0. The lowest BCUT2D eigenvalue weighted by atomic mass is 10.1. The minimum atomic E-state index is -0.556. The smallest absolute Gasteiger partial charge is 0.280 e. The number of benzene rings is 1. The molecular formula is C12H11N5O3S. The van der Waals surface area contributed by atoms with Crippen molar-refractivity contribution < 1.29 is 9.72 Å². The fourth-order valence-electron chi connectivity index (χ4n) is 1.93. The molecule has 1 aliphatic carbocycles. The summed E-state index contributed by atoms with van der Waals surface area (Å²) in [6.45, 7) is 1.31. The highest BCUT2D eigenvalue weighted by molar-refractivity contribution is 7.99. The topological polar surface area (TPSA) is 104 Å². The standard InChI is InChI=1S/C12H11N5O3S/c1-7(18)10-6-9(4-5-11(10)17(19)20)21-12-13-14-15-16(12)8-2-3-8/h4-6,8H,2-3H2,1H3. The van der Waals surface area contributed by atoms with E-state index in [-0.39, 0.29) is 17.0 Å². The zero-order valence-corrected chi connectivity index (χ0v) is 11.9. The minimum Gasteiger partial charge on any atom is -0.294 e. The Labute approximate surface area is 123 Å². The van der Waals surface area contributed by atoms with Gasteiger partial charge in [-0.1, -0.05) is 0 Å². The van der Waals surface area contributed by atoms with Gasteiger partial charge >= 0.3 is 0 Å². The number of nitro benzene ring substituents is 1. The summed E-state index contributed by atoms with van der Waals surface area (Å²) in [7, 11) is 0. The second-order valence-electron chi connectivity index (χ2n) is 4.73. The van der Waals surface area contributed by atoms with E-state index in [0.717, 1.165) is 12.8 Å². The van der Waals surface area contributed by atoms with Crippen LogP contribution in [0, 0.1) is 10.1 Å². The Bertz CT molecular complexity index is 725. The van der Waals surface area contributed by atoms with Crippen LogP contribution in [-0.2, 0) is 0 Å². The van der Waals surface area contributed by atoms with E-state index in [4.69, 9.17) is 0 Å². The molecule has 0 spiro atoms. The normalized spacial score (nSPS) is 14.1. The molecule has 8 nitrogen and oxygen atoms in total. The second-order valence-corrected chi connectivity index (χ2v) is 5.77.